The minimum Gasteiger partial charge on any atom is -0.497 e. The van der Waals surface area contributed by atoms with E-state index in [1.54, 1.807) is 14.2 Å². The van der Waals surface area contributed by atoms with E-state index in [1.165, 1.54) is 9.13 Å². The Balaban J connectivity index is 2.03. The van der Waals surface area contributed by atoms with Gasteiger partial charge in [-0.15, -0.1) is 0 Å². The summed E-state index contributed by atoms with van der Waals surface area (Å²) in [5.74, 6) is 1.65. The van der Waals surface area contributed by atoms with E-state index in [-0.39, 0.29) is 6.04 Å². The van der Waals surface area contributed by atoms with E-state index in [4.69, 9.17) is 9.47 Å². The fourth-order valence-corrected chi connectivity index (χ4v) is 2.49. The molecule has 3 nitrogen and oxygen atoms in total. The quantitative estimate of drug-likeness (QED) is 0.743. The fourth-order valence-electron chi connectivity index (χ4n) is 2.13. The van der Waals surface area contributed by atoms with Gasteiger partial charge in [0.1, 0.15) is 11.5 Å². The molecule has 0 radical (unpaired) electrons. The maximum absolute atomic E-state index is 5.42. The SMILES string of the molecule is COc1ccc(CNC(C)c2ccc(I)cc2)c(OC)c1. The second-order valence-corrected chi connectivity index (χ2v) is 6.08. The van der Waals surface area contributed by atoms with Crippen molar-refractivity contribution in [2.24, 2.45) is 0 Å². The average Bonchev–Trinajstić information content (AvgIpc) is 2.53. The van der Waals surface area contributed by atoms with Gasteiger partial charge >= 0.3 is 0 Å². The Morgan fingerprint density at radius 1 is 1.05 bits per heavy atom. The van der Waals surface area contributed by atoms with Crippen LogP contribution in [0.3, 0.4) is 0 Å². The first kappa shape index (κ1) is 16.1. The molecule has 2 aromatic rings. The molecule has 21 heavy (non-hydrogen) atoms. The number of ether oxygens (including phenoxy) is 2. The summed E-state index contributed by atoms with van der Waals surface area (Å²) in [4.78, 5) is 0. The molecule has 0 aliphatic heterocycles. The van der Waals surface area contributed by atoms with Crippen LogP contribution in [0.5, 0.6) is 11.5 Å². The summed E-state index contributed by atoms with van der Waals surface area (Å²) in [5.41, 5.74) is 2.40. The van der Waals surface area contributed by atoms with Crippen LogP contribution in [0.1, 0.15) is 24.1 Å². The van der Waals surface area contributed by atoms with Crippen molar-refractivity contribution in [1.29, 1.82) is 0 Å². The van der Waals surface area contributed by atoms with E-state index in [0.29, 0.717) is 0 Å². The zero-order chi connectivity index (χ0) is 15.2. The molecule has 0 fully saturated rings. The summed E-state index contributed by atoms with van der Waals surface area (Å²) in [5, 5.41) is 3.52. The molecule has 0 saturated carbocycles. The van der Waals surface area contributed by atoms with Crippen LogP contribution >= 0.6 is 22.6 Å². The number of halogens is 1. The van der Waals surface area contributed by atoms with Gasteiger partial charge in [0.2, 0.25) is 0 Å². The summed E-state index contributed by atoms with van der Waals surface area (Å²) in [6.45, 7) is 2.92. The van der Waals surface area contributed by atoms with E-state index < -0.39 is 0 Å². The molecule has 1 N–H and O–H groups in total. The third kappa shape index (κ3) is 4.35. The summed E-state index contributed by atoms with van der Waals surface area (Å²) in [7, 11) is 3.34. The van der Waals surface area contributed by atoms with E-state index in [2.05, 4.69) is 59.1 Å². The number of hydrogen-bond acceptors (Lipinski definition) is 3. The van der Waals surface area contributed by atoms with Crippen molar-refractivity contribution in [2.75, 3.05) is 14.2 Å². The zero-order valence-corrected chi connectivity index (χ0v) is 14.7. The fraction of sp³-hybridized carbons (Fsp3) is 0.294. The lowest BCUT2D eigenvalue weighted by Crippen LogP contribution is -2.18. The third-order valence-corrected chi connectivity index (χ3v) is 4.18. The number of hydrogen-bond donors (Lipinski definition) is 1. The van der Waals surface area contributed by atoms with Crippen molar-refractivity contribution >= 4 is 22.6 Å². The summed E-state index contributed by atoms with van der Waals surface area (Å²) in [6.07, 6.45) is 0. The number of nitrogens with one attached hydrogen (secondary N) is 1. The molecule has 0 aliphatic rings. The van der Waals surface area contributed by atoms with Crippen molar-refractivity contribution in [3.05, 3.63) is 57.2 Å². The molecule has 0 aromatic heterocycles. The van der Waals surface area contributed by atoms with Gasteiger partial charge < -0.3 is 14.8 Å². The molecule has 0 amide bonds. The van der Waals surface area contributed by atoms with Crippen LogP contribution in [-0.2, 0) is 6.54 Å². The molecule has 0 spiro atoms. The van der Waals surface area contributed by atoms with E-state index >= 15 is 0 Å². The highest BCUT2D eigenvalue weighted by atomic mass is 127. The summed E-state index contributed by atoms with van der Waals surface area (Å²) < 4.78 is 11.9. The van der Waals surface area contributed by atoms with Gasteiger partial charge in [0, 0.05) is 27.8 Å². The zero-order valence-electron chi connectivity index (χ0n) is 12.5. The average molecular weight is 397 g/mol. The normalized spacial score (nSPS) is 12.0. The molecule has 2 aromatic carbocycles. The Hall–Kier alpha value is -1.27. The van der Waals surface area contributed by atoms with Crippen molar-refractivity contribution in [3.63, 3.8) is 0 Å². The van der Waals surface area contributed by atoms with E-state index in [9.17, 15) is 0 Å². The molecule has 1 unspecified atom stereocenters. The number of benzene rings is 2. The van der Waals surface area contributed by atoms with Crippen molar-refractivity contribution in [1.82, 2.24) is 5.32 Å². The largest absolute Gasteiger partial charge is 0.497 e. The van der Waals surface area contributed by atoms with E-state index in [1.807, 2.05) is 18.2 Å². The first-order chi connectivity index (χ1) is 10.1. The maximum Gasteiger partial charge on any atom is 0.127 e. The molecule has 4 heteroatoms. The maximum atomic E-state index is 5.42. The highest BCUT2D eigenvalue weighted by molar-refractivity contribution is 14.1. The third-order valence-electron chi connectivity index (χ3n) is 3.46. The predicted octanol–water partition coefficient (Wildman–Crippen LogP) is 4.16. The second-order valence-electron chi connectivity index (χ2n) is 4.83. The van der Waals surface area contributed by atoms with Gasteiger partial charge in [0.25, 0.3) is 0 Å². The molecule has 0 bridgehead atoms. The van der Waals surface area contributed by atoms with Crippen LogP contribution in [0.25, 0.3) is 0 Å². The Morgan fingerprint density at radius 3 is 2.38 bits per heavy atom. The lowest BCUT2D eigenvalue weighted by molar-refractivity contribution is 0.389. The van der Waals surface area contributed by atoms with Gasteiger partial charge in [-0.25, -0.2) is 0 Å². The van der Waals surface area contributed by atoms with Crippen LogP contribution in [0.2, 0.25) is 0 Å². The Kier molecular flexibility index (Phi) is 5.87. The molecular weight excluding hydrogens is 377 g/mol. The highest BCUT2D eigenvalue weighted by Crippen LogP contribution is 2.25. The van der Waals surface area contributed by atoms with Gasteiger partial charge in [-0.1, -0.05) is 18.2 Å². The molecule has 0 saturated heterocycles. The molecule has 0 aliphatic carbocycles. The van der Waals surface area contributed by atoms with Crippen molar-refractivity contribution in [3.8, 4) is 11.5 Å². The van der Waals surface area contributed by atoms with Gasteiger partial charge in [0.05, 0.1) is 14.2 Å². The first-order valence-electron chi connectivity index (χ1n) is 6.83. The monoisotopic (exact) mass is 397 g/mol. The molecule has 1 atom stereocenters. The molecule has 0 heterocycles. The molecular formula is C17H20INO2. The number of methoxy groups -OCH3 is 2. The predicted molar refractivity (Wildman–Crippen MR) is 94.0 cm³/mol. The van der Waals surface area contributed by atoms with Crippen LogP contribution in [0, 0.1) is 3.57 Å². The summed E-state index contributed by atoms with van der Waals surface area (Å²) in [6, 6.07) is 14.8. The van der Waals surface area contributed by atoms with Crippen LogP contribution in [0.4, 0.5) is 0 Å². The van der Waals surface area contributed by atoms with Crippen LogP contribution in [0.15, 0.2) is 42.5 Å². The highest BCUT2D eigenvalue weighted by Gasteiger charge is 2.08. The summed E-state index contributed by atoms with van der Waals surface area (Å²) >= 11 is 2.32. The minimum atomic E-state index is 0.286. The van der Waals surface area contributed by atoms with Crippen LogP contribution < -0.4 is 14.8 Å². The second kappa shape index (κ2) is 7.66. The molecule has 2 rings (SSSR count). The van der Waals surface area contributed by atoms with Gasteiger partial charge in [-0.05, 0) is 53.3 Å². The van der Waals surface area contributed by atoms with Gasteiger partial charge in [-0.2, -0.15) is 0 Å². The minimum absolute atomic E-state index is 0.286. The van der Waals surface area contributed by atoms with Crippen LogP contribution in [-0.4, -0.2) is 14.2 Å². The molecule has 112 valence electrons. The Labute approximate surface area is 139 Å². The lowest BCUT2D eigenvalue weighted by Gasteiger charge is -2.16. The first-order valence-corrected chi connectivity index (χ1v) is 7.91. The van der Waals surface area contributed by atoms with Crippen molar-refractivity contribution in [2.45, 2.75) is 19.5 Å². The smallest absolute Gasteiger partial charge is 0.127 e. The Bertz CT molecular complexity index is 584. The topological polar surface area (TPSA) is 30.5 Å². The van der Waals surface area contributed by atoms with E-state index in [0.717, 1.165) is 23.6 Å². The van der Waals surface area contributed by atoms with Gasteiger partial charge in [0.15, 0.2) is 0 Å². The standard InChI is InChI=1S/C17H20INO2/c1-12(13-4-7-15(18)8-5-13)19-11-14-6-9-16(20-2)10-17(14)21-3/h4-10,12,19H,11H2,1-3H3. The van der Waals surface area contributed by atoms with Crippen molar-refractivity contribution < 1.29 is 9.47 Å². The Morgan fingerprint density at radius 2 is 1.76 bits per heavy atom. The lowest BCUT2D eigenvalue weighted by atomic mass is 10.1. The van der Waals surface area contributed by atoms with Gasteiger partial charge in [-0.3, -0.25) is 0 Å². The number of rotatable bonds is 6.